The minimum absolute atomic E-state index is 0.0821. The maximum absolute atomic E-state index is 13.9. The molecular weight excluding hydrogens is 578 g/mol. The Bertz CT molecular complexity index is 1360. The number of carbonyl (C=O) groups is 2. The lowest BCUT2D eigenvalue weighted by molar-refractivity contribution is -0.139. The standard InChI is InChI=1S/C30H36BrN3O4S/c1-5-24-14-16-27(17-15-24)34(39(37,38)28-12-7-6-8-13-28)21-29(35)33(20-25-10-9-11-26(31)18-25)23(4)30(36)32-19-22(2)3/h6-18,22-23H,5,19-21H2,1-4H3,(H,32,36). The molecule has 0 aliphatic rings. The lowest BCUT2D eigenvalue weighted by Crippen LogP contribution is -2.51. The summed E-state index contributed by atoms with van der Waals surface area (Å²) in [5.41, 5.74) is 2.24. The number of anilines is 1. The van der Waals surface area contributed by atoms with Gasteiger partial charge in [-0.05, 0) is 66.8 Å². The first kappa shape index (κ1) is 30.4. The van der Waals surface area contributed by atoms with E-state index in [-0.39, 0.29) is 23.3 Å². The van der Waals surface area contributed by atoms with E-state index in [4.69, 9.17) is 0 Å². The van der Waals surface area contributed by atoms with E-state index in [1.165, 1.54) is 17.0 Å². The van der Waals surface area contributed by atoms with E-state index >= 15 is 0 Å². The molecule has 3 aromatic carbocycles. The first-order valence-corrected chi connectivity index (χ1v) is 15.2. The summed E-state index contributed by atoms with van der Waals surface area (Å²) in [6, 6.07) is 21.8. The van der Waals surface area contributed by atoms with E-state index in [0.29, 0.717) is 12.2 Å². The highest BCUT2D eigenvalue weighted by molar-refractivity contribution is 9.10. The van der Waals surface area contributed by atoms with Gasteiger partial charge in [0, 0.05) is 17.6 Å². The Labute approximate surface area is 240 Å². The molecule has 2 amide bonds. The summed E-state index contributed by atoms with van der Waals surface area (Å²) in [5, 5.41) is 2.89. The van der Waals surface area contributed by atoms with Crippen LogP contribution in [0.15, 0.2) is 88.2 Å². The van der Waals surface area contributed by atoms with E-state index in [0.717, 1.165) is 26.3 Å². The van der Waals surface area contributed by atoms with Gasteiger partial charge in [-0.2, -0.15) is 0 Å². The number of aryl methyl sites for hydroxylation is 1. The fourth-order valence-electron chi connectivity index (χ4n) is 4.01. The Kier molecular flexibility index (Phi) is 10.7. The number of nitrogens with zero attached hydrogens (tertiary/aromatic N) is 2. The molecule has 9 heteroatoms. The van der Waals surface area contributed by atoms with Gasteiger partial charge < -0.3 is 10.2 Å². The molecule has 3 aromatic rings. The fraction of sp³-hybridized carbons (Fsp3) is 0.333. The Morgan fingerprint density at radius 2 is 1.56 bits per heavy atom. The highest BCUT2D eigenvalue weighted by Gasteiger charge is 2.32. The lowest BCUT2D eigenvalue weighted by Gasteiger charge is -2.32. The number of halogens is 1. The van der Waals surface area contributed by atoms with Crippen LogP contribution in [0.3, 0.4) is 0 Å². The maximum Gasteiger partial charge on any atom is 0.264 e. The molecule has 208 valence electrons. The summed E-state index contributed by atoms with van der Waals surface area (Å²) in [6.45, 7) is 7.82. The van der Waals surface area contributed by atoms with Crippen LogP contribution in [-0.4, -0.2) is 44.3 Å². The normalized spacial score (nSPS) is 12.2. The minimum Gasteiger partial charge on any atom is -0.354 e. The first-order valence-electron chi connectivity index (χ1n) is 13.0. The molecule has 7 nitrogen and oxygen atoms in total. The highest BCUT2D eigenvalue weighted by atomic mass is 79.9. The van der Waals surface area contributed by atoms with Crippen molar-refractivity contribution in [1.82, 2.24) is 10.2 Å². The van der Waals surface area contributed by atoms with Gasteiger partial charge >= 0.3 is 0 Å². The average molecular weight is 615 g/mol. The molecule has 0 radical (unpaired) electrons. The molecular formula is C30H36BrN3O4S. The number of amides is 2. The van der Waals surface area contributed by atoms with Gasteiger partial charge in [0.25, 0.3) is 10.0 Å². The quantitative estimate of drug-likeness (QED) is 0.296. The van der Waals surface area contributed by atoms with Crippen molar-refractivity contribution in [2.45, 2.75) is 51.6 Å². The smallest absolute Gasteiger partial charge is 0.264 e. The number of nitrogens with one attached hydrogen (secondary N) is 1. The lowest BCUT2D eigenvalue weighted by atomic mass is 10.1. The van der Waals surface area contributed by atoms with Crippen LogP contribution in [0.4, 0.5) is 5.69 Å². The van der Waals surface area contributed by atoms with E-state index in [9.17, 15) is 18.0 Å². The number of rotatable bonds is 12. The summed E-state index contributed by atoms with van der Waals surface area (Å²) in [5.74, 6) is -0.536. The Balaban J connectivity index is 2.00. The molecule has 1 unspecified atom stereocenters. The molecule has 3 rings (SSSR count). The van der Waals surface area contributed by atoms with Gasteiger partial charge in [0.1, 0.15) is 12.6 Å². The van der Waals surface area contributed by atoms with E-state index < -0.39 is 28.5 Å². The van der Waals surface area contributed by atoms with Gasteiger partial charge in [-0.1, -0.05) is 79.2 Å². The SMILES string of the molecule is CCc1ccc(N(CC(=O)N(Cc2cccc(Br)c2)C(C)C(=O)NCC(C)C)S(=O)(=O)c2ccccc2)cc1. The summed E-state index contributed by atoms with van der Waals surface area (Å²) in [7, 11) is -4.07. The molecule has 0 aromatic heterocycles. The second-order valence-corrected chi connectivity index (χ2v) is 12.6. The Hall–Kier alpha value is -3.17. The molecule has 0 aliphatic carbocycles. The molecule has 39 heavy (non-hydrogen) atoms. The maximum atomic E-state index is 13.9. The van der Waals surface area contributed by atoms with E-state index in [1.807, 2.05) is 57.2 Å². The molecule has 0 aliphatic heterocycles. The van der Waals surface area contributed by atoms with Crippen molar-refractivity contribution in [1.29, 1.82) is 0 Å². The summed E-state index contributed by atoms with van der Waals surface area (Å²) in [6.07, 6.45) is 0.800. The van der Waals surface area contributed by atoms with Crippen molar-refractivity contribution >= 4 is 43.5 Å². The van der Waals surface area contributed by atoms with Crippen LogP contribution < -0.4 is 9.62 Å². The fourth-order valence-corrected chi connectivity index (χ4v) is 5.90. The van der Waals surface area contributed by atoms with Crippen LogP contribution in [0.2, 0.25) is 0 Å². The number of carbonyl (C=O) groups excluding carboxylic acids is 2. The van der Waals surface area contributed by atoms with Gasteiger partial charge in [0.15, 0.2) is 0 Å². The second kappa shape index (κ2) is 13.8. The zero-order valence-electron chi connectivity index (χ0n) is 22.8. The number of benzene rings is 3. The van der Waals surface area contributed by atoms with Crippen LogP contribution in [0, 0.1) is 5.92 Å². The van der Waals surface area contributed by atoms with Gasteiger partial charge in [0.2, 0.25) is 11.8 Å². The Morgan fingerprint density at radius 1 is 0.897 bits per heavy atom. The van der Waals surface area contributed by atoms with Crippen LogP contribution in [0.25, 0.3) is 0 Å². The molecule has 0 heterocycles. The predicted octanol–water partition coefficient (Wildman–Crippen LogP) is 5.40. The molecule has 0 fully saturated rings. The summed E-state index contributed by atoms with van der Waals surface area (Å²) >= 11 is 3.46. The van der Waals surface area contributed by atoms with Gasteiger partial charge in [-0.25, -0.2) is 8.42 Å². The topological polar surface area (TPSA) is 86.8 Å². The molecule has 1 atom stereocenters. The molecule has 0 saturated carbocycles. The molecule has 0 spiro atoms. The van der Waals surface area contributed by atoms with Crippen LogP contribution in [-0.2, 0) is 32.6 Å². The average Bonchev–Trinajstić information content (AvgIpc) is 2.93. The zero-order chi connectivity index (χ0) is 28.6. The third-order valence-corrected chi connectivity index (χ3v) is 8.62. The van der Waals surface area contributed by atoms with Crippen molar-refractivity contribution in [3.05, 3.63) is 94.5 Å². The molecule has 1 N–H and O–H groups in total. The summed E-state index contributed by atoms with van der Waals surface area (Å²) < 4.78 is 29.6. The third-order valence-electron chi connectivity index (χ3n) is 6.34. The molecule has 0 saturated heterocycles. The van der Waals surface area contributed by atoms with Crippen molar-refractivity contribution in [2.24, 2.45) is 5.92 Å². The van der Waals surface area contributed by atoms with Gasteiger partial charge in [-0.3, -0.25) is 13.9 Å². The third kappa shape index (κ3) is 8.16. The molecule has 0 bridgehead atoms. The minimum atomic E-state index is -4.07. The largest absolute Gasteiger partial charge is 0.354 e. The monoisotopic (exact) mass is 613 g/mol. The zero-order valence-corrected chi connectivity index (χ0v) is 25.2. The highest BCUT2D eigenvalue weighted by Crippen LogP contribution is 2.25. The van der Waals surface area contributed by atoms with E-state index in [1.54, 1.807) is 37.3 Å². The number of sulfonamides is 1. The van der Waals surface area contributed by atoms with Crippen LogP contribution in [0.5, 0.6) is 0 Å². The second-order valence-electron chi connectivity index (χ2n) is 9.81. The Morgan fingerprint density at radius 3 is 2.15 bits per heavy atom. The first-order chi connectivity index (χ1) is 18.5. The van der Waals surface area contributed by atoms with Crippen molar-refractivity contribution in [3.63, 3.8) is 0 Å². The summed E-state index contributed by atoms with van der Waals surface area (Å²) in [4.78, 5) is 28.5. The van der Waals surface area contributed by atoms with Gasteiger partial charge in [0.05, 0.1) is 10.6 Å². The number of hydrogen-bond donors (Lipinski definition) is 1. The van der Waals surface area contributed by atoms with Crippen LogP contribution >= 0.6 is 15.9 Å². The predicted molar refractivity (Wildman–Crippen MR) is 159 cm³/mol. The van der Waals surface area contributed by atoms with Crippen LogP contribution in [0.1, 0.15) is 38.8 Å². The van der Waals surface area contributed by atoms with Gasteiger partial charge in [-0.15, -0.1) is 0 Å². The number of hydrogen-bond acceptors (Lipinski definition) is 4. The van der Waals surface area contributed by atoms with E-state index in [2.05, 4.69) is 21.2 Å². The van der Waals surface area contributed by atoms with Crippen molar-refractivity contribution in [3.8, 4) is 0 Å². The van der Waals surface area contributed by atoms with Crippen molar-refractivity contribution < 1.29 is 18.0 Å². The van der Waals surface area contributed by atoms with Crippen molar-refractivity contribution in [2.75, 3.05) is 17.4 Å².